The van der Waals surface area contributed by atoms with Crippen LogP contribution < -0.4 is 4.90 Å². The fourth-order valence-electron chi connectivity index (χ4n) is 2.96. The molecule has 0 aromatic heterocycles. The number of hydrogen-bond acceptors (Lipinski definition) is 4. The number of aliphatic hydroxyl groups excluding tert-OH is 1. The molecule has 0 unspecified atom stereocenters. The van der Waals surface area contributed by atoms with Crippen molar-refractivity contribution >= 4 is 34.8 Å². The van der Waals surface area contributed by atoms with Gasteiger partial charge in [-0.1, -0.05) is 42.0 Å². The number of carbonyl (C=O) groups excluding carboxylic acids is 2. The summed E-state index contributed by atoms with van der Waals surface area (Å²) in [6, 6.07) is 13.2. The average Bonchev–Trinajstić information content (AvgIpc) is 2.87. The number of hydrogen-bond donors (Lipinski definition) is 1. The molecule has 2 amide bonds. The summed E-state index contributed by atoms with van der Waals surface area (Å²) in [5.41, 5.74) is 4.77. The largest absolute Gasteiger partial charge is 0.396 e. The molecule has 0 atom stereocenters. The minimum atomic E-state index is -0.322. The van der Waals surface area contributed by atoms with Crippen LogP contribution in [0.25, 0.3) is 5.57 Å². The normalized spacial score (nSPS) is 14.5. The summed E-state index contributed by atoms with van der Waals surface area (Å²) in [5, 5.41) is 9.18. The molecule has 0 spiro atoms. The number of aliphatic hydroxyl groups is 1. The fraction of sp³-hybridized carbons (Fsp3) is 0.238. The fourth-order valence-corrected chi connectivity index (χ4v) is 3.82. The van der Waals surface area contributed by atoms with Gasteiger partial charge in [0, 0.05) is 5.75 Å². The summed E-state index contributed by atoms with van der Waals surface area (Å²) in [5.74, 6) is -0.268. The zero-order valence-electron chi connectivity index (χ0n) is 15.1. The number of benzene rings is 2. The Balaban J connectivity index is 2.11. The third-order valence-electron chi connectivity index (χ3n) is 4.54. The monoisotopic (exact) mass is 367 g/mol. The topological polar surface area (TPSA) is 57.6 Å². The van der Waals surface area contributed by atoms with E-state index in [9.17, 15) is 14.7 Å². The van der Waals surface area contributed by atoms with Gasteiger partial charge in [-0.2, -0.15) is 0 Å². The van der Waals surface area contributed by atoms with Gasteiger partial charge >= 0.3 is 0 Å². The lowest BCUT2D eigenvalue weighted by atomic mass is 10.0. The quantitative estimate of drug-likeness (QED) is 0.820. The number of aryl methyl sites for hydroxylation is 2. The van der Waals surface area contributed by atoms with Gasteiger partial charge in [0.25, 0.3) is 11.8 Å². The van der Waals surface area contributed by atoms with Crippen molar-refractivity contribution < 1.29 is 14.7 Å². The lowest BCUT2D eigenvalue weighted by molar-refractivity contribution is -0.119. The summed E-state index contributed by atoms with van der Waals surface area (Å²) >= 11 is 1.23. The molecule has 1 aliphatic rings. The molecule has 4 nitrogen and oxygen atoms in total. The first-order chi connectivity index (χ1) is 12.5. The maximum Gasteiger partial charge on any atom is 0.272 e. The van der Waals surface area contributed by atoms with Crippen molar-refractivity contribution in [2.45, 2.75) is 20.8 Å². The van der Waals surface area contributed by atoms with Gasteiger partial charge in [-0.3, -0.25) is 9.59 Å². The molecule has 1 heterocycles. The van der Waals surface area contributed by atoms with Crippen LogP contribution >= 0.6 is 11.8 Å². The van der Waals surface area contributed by atoms with Crippen molar-refractivity contribution in [3.05, 3.63) is 69.6 Å². The van der Waals surface area contributed by atoms with Crippen molar-refractivity contribution in [2.24, 2.45) is 0 Å². The molecule has 0 radical (unpaired) electrons. The molecule has 0 saturated carbocycles. The first-order valence-corrected chi connectivity index (χ1v) is 9.44. The Morgan fingerprint density at radius 1 is 0.962 bits per heavy atom. The van der Waals surface area contributed by atoms with Crippen LogP contribution in [0.5, 0.6) is 0 Å². The highest BCUT2D eigenvalue weighted by Gasteiger charge is 2.40. The van der Waals surface area contributed by atoms with E-state index in [-0.39, 0.29) is 18.4 Å². The van der Waals surface area contributed by atoms with E-state index in [4.69, 9.17) is 0 Å². The Hall–Kier alpha value is -2.37. The van der Waals surface area contributed by atoms with Gasteiger partial charge in [-0.25, -0.2) is 4.90 Å². The predicted octanol–water partition coefficient (Wildman–Crippen LogP) is 3.62. The van der Waals surface area contributed by atoms with Gasteiger partial charge in [0.2, 0.25) is 0 Å². The Morgan fingerprint density at radius 2 is 1.65 bits per heavy atom. The SMILES string of the molecule is Cc1ccc(C2=C(SCCO)C(=O)N(c3cccc(C)c3C)C2=O)cc1. The molecule has 0 fully saturated rings. The lowest BCUT2D eigenvalue weighted by Crippen LogP contribution is -2.32. The van der Waals surface area contributed by atoms with E-state index < -0.39 is 0 Å². The standard InChI is InChI=1S/C21H21NO3S/c1-13-7-9-16(10-8-13)18-19(26-12-11-23)21(25)22(20(18)24)17-6-4-5-14(2)15(17)3/h4-10,23H,11-12H2,1-3H3. The zero-order valence-corrected chi connectivity index (χ0v) is 15.9. The van der Waals surface area contributed by atoms with E-state index >= 15 is 0 Å². The number of nitrogens with zero attached hydrogens (tertiary/aromatic N) is 1. The van der Waals surface area contributed by atoms with Gasteiger partial charge in [0.05, 0.1) is 22.8 Å². The van der Waals surface area contributed by atoms with Crippen LogP contribution in [0.3, 0.4) is 0 Å². The van der Waals surface area contributed by atoms with Gasteiger partial charge in [-0.05, 0) is 43.5 Å². The first kappa shape index (κ1) is 18.4. The third kappa shape index (κ3) is 3.20. The summed E-state index contributed by atoms with van der Waals surface area (Å²) < 4.78 is 0. The van der Waals surface area contributed by atoms with E-state index in [1.54, 1.807) is 6.07 Å². The molecule has 26 heavy (non-hydrogen) atoms. The van der Waals surface area contributed by atoms with Crippen molar-refractivity contribution in [3.63, 3.8) is 0 Å². The number of amides is 2. The molecule has 0 aliphatic carbocycles. The van der Waals surface area contributed by atoms with Gasteiger partial charge in [0.1, 0.15) is 0 Å². The van der Waals surface area contributed by atoms with E-state index in [1.807, 2.05) is 57.2 Å². The Morgan fingerprint density at radius 3 is 2.31 bits per heavy atom. The predicted molar refractivity (Wildman–Crippen MR) is 106 cm³/mol. The minimum absolute atomic E-state index is 0.0553. The van der Waals surface area contributed by atoms with E-state index in [1.165, 1.54) is 16.7 Å². The Bertz CT molecular complexity index is 900. The first-order valence-electron chi connectivity index (χ1n) is 8.45. The Labute approximate surface area is 157 Å². The Kier molecular flexibility index (Phi) is 5.30. The highest BCUT2D eigenvalue weighted by atomic mass is 32.2. The van der Waals surface area contributed by atoms with Crippen LogP contribution in [0.1, 0.15) is 22.3 Å². The van der Waals surface area contributed by atoms with Gasteiger partial charge in [-0.15, -0.1) is 11.8 Å². The summed E-state index contributed by atoms with van der Waals surface area (Å²) in [7, 11) is 0. The average molecular weight is 367 g/mol. The van der Waals surface area contributed by atoms with Crippen LogP contribution in [0, 0.1) is 20.8 Å². The van der Waals surface area contributed by atoms with Crippen molar-refractivity contribution in [3.8, 4) is 0 Å². The van der Waals surface area contributed by atoms with Gasteiger partial charge in [0.15, 0.2) is 0 Å². The highest BCUT2D eigenvalue weighted by Crippen LogP contribution is 2.39. The van der Waals surface area contributed by atoms with Crippen LogP contribution in [0.4, 0.5) is 5.69 Å². The molecule has 1 aliphatic heterocycles. The van der Waals surface area contributed by atoms with E-state index in [0.29, 0.717) is 21.9 Å². The highest BCUT2D eigenvalue weighted by molar-refractivity contribution is 8.04. The van der Waals surface area contributed by atoms with Crippen LogP contribution in [0.2, 0.25) is 0 Å². The molecule has 5 heteroatoms. The summed E-state index contributed by atoms with van der Waals surface area (Å²) in [6.45, 7) is 5.79. The molecule has 3 rings (SSSR count). The molecule has 0 saturated heterocycles. The third-order valence-corrected chi connectivity index (χ3v) is 5.59. The summed E-state index contributed by atoms with van der Waals surface area (Å²) in [6.07, 6.45) is 0. The molecule has 2 aromatic carbocycles. The smallest absolute Gasteiger partial charge is 0.272 e. The van der Waals surface area contributed by atoms with Crippen molar-refractivity contribution in [1.29, 1.82) is 0 Å². The summed E-state index contributed by atoms with van der Waals surface area (Å²) in [4.78, 5) is 27.9. The van der Waals surface area contributed by atoms with Crippen molar-refractivity contribution in [1.82, 2.24) is 0 Å². The second-order valence-corrected chi connectivity index (χ2v) is 7.41. The minimum Gasteiger partial charge on any atom is -0.396 e. The molecule has 0 bridgehead atoms. The number of rotatable bonds is 5. The molecular weight excluding hydrogens is 346 g/mol. The molecule has 134 valence electrons. The zero-order chi connectivity index (χ0) is 18.8. The van der Waals surface area contributed by atoms with Crippen LogP contribution in [-0.4, -0.2) is 29.3 Å². The van der Waals surface area contributed by atoms with E-state index in [2.05, 4.69) is 0 Å². The second kappa shape index (κ2) is 7.48. The lowest BCUT2D eigenvalue weighted by Gasteiger charge is -2.19. The molecular formula is C21H21NO3S. The van der Waals surface area contributed by atoms with Crippen LogP contribution in [0.15, 0.2) is 47.4 Å². The second-order valence-electron chi connectivity index (χ2n) is 6.31. The maximum absolute atomic E-state index is 13.2. The molecule has 2 aromatic rings. The number of anilines is 1. The number of carbonyl (C=O) groups is 2. The van der Waals surface area contributed by atoms with Gasteiger partial charge < -0.3 is 5.11 Å². The number of imide groups is 1. The van der Waals surface area contributed by atoms with Crippen molar-refractivity contribution in [2.75, 3.05) is 17.3 Å². The van der Waals surface area contributed by atoms with Crippen LogP contribution in [-0.2, 0) is 9.59 Å². The maximum atomic E-state index is 13.2. The van der Waals surface area contributed by atoms with E-state index in [0.717, 1.165) is 22.3 Å². The number of thioether (sulfide) groups is 1. The molecule has 1 N–H and O–H groups in total.